The maximum Gasteiger partial charge on any atom is 0.261 e. The average molecular weight is 270 g/mol. The van der Waals surface area contributed by atoms with E-state index >= 15 is 0 Å². The summed E-state index contributed by atoms with van der Waals surface area (Å²) < 4.78 is 5.18. The van der Waals surface area contributed by atoms with Crippen LogP contribution >= 0.6 is 23.2 Å². The predicted molar refractivity (Wildman–Crippen MR) is 66.1 cm³/mol. The number of rotatable bonds is 2. The third kappa shape index (κ3) is 1.87. The van der Waals surface area contributed by atoms with Crippen LogP contribution < -0.4 is 5.73 Å². The lowest BCUT2D eigenvalue weighted by Crippen LogP contribution is -1.93. The molecule has 1 saturated carbocycles. The van der Waals surface area contributed by atoms with Crippen LogP contribution in [-0.2, 0) is 0 Å². The second-order valence-electron chi connectivity index (χ2n) is 4.05. The molecule has 0 spiro atoms. The van der Waals surface area contributed by atoms with Gasteiger partial charge in [-0.2, -0.15) is 4.98 Å². The van der Waals surface area contributed by atoms with Crippen LogP contribution in [0.5, 0.6) is 0 Å². The Kier molecular flexibility index (Phi) is 2.49. The number of aromatic nitrogens is 2. The standard InChI is InChI=1S/C11H9Cl2N3O/c12-6-3-4-7(13)9(14)8(6)11-15-10(16-17-11)5-1-2-5/h3-5H,1-2,14H2. The molecule has 1 aliphatic rings. The first kappa shape index (κ1) is 10.9. The Balaban J connectivity index is 2.10. The highest BCUT2D eigenvalue weighted by molar-refractivity contribution is 6.37. The number of anilines is 1. The molecule has 0 bridgehead atoms. The Bertz CT molecular complexity index is 578. The molecule has 0 radical (unpaired) electrons. The summed E-state index contributed by atoms with van der Waals surface area (Å²) in [4.78, 5) is 4.30. The van der Waals surface area contributed by atoms with Crippen LogP contribution in [0.4, 0.5) is 5.69 Å². The molecule has 1 fully saturated rings. The van der Waals surface area contributed by atoms with Gasteiger partial charge in [-0.05, 0) is 25.0 Å². The van der Waals surface area contributed by atoms with Crippen LogP contribution in [0.3, 0.4) is 0 Å². The molecule has 4 nitrogen and oxygen atoms in total. The molecule has 1 heterocycles. The zero-order valence-corrected chi connectivity index (χ0v) is 10.3. The minimum Gasteiger partial charge on any atom is -0.397 e. The summed E-state index contributed by atoms with van der Waals surface area (Å²) in [7, 11) is 0. The largest absolute Gasteiger partial charge is 0.397 e. The van der Waals surface area contributed by atoms with Crippen molar-refractivity contribution >= 4 is 28.9 Å². The molecule has 0 saturated heterocycles. The fourth-order valence-corrected chi connectivity index (χ4v) is 2.03. The highest BCUT2D eigenvalue weighted by Crippen LogP contribution is 2.41. The second kappa shape index (κ2) is 3.89. The topological polar surface area (TPSA) is 64.9 Å². The zero-order valence-electron chi connectivity index (χ0n) is 8.78. The van der Waals surface area contributed by atoms with E-state index in [1.807, 2.05) is 0 Å². The molecule has 6 heteroatoms. The first-order valence-electron chi connectivity index (χ1n) is 5.24. The molecule has 2 N–H and O–H groups in total. The predicted octanol–water partition coefficient (Wildman–Crippen LogP) is 3.50. The lowest BCUT2D eigenvalue weighted by atomic mass is 10.2. The Morgan fingerprint density at radius 2 is 1.94 bits per heavy atom. The van der Waals surface area contributed by atoms with E-state index in [4.69, 9.17) is 33.5 Å². The second-order valence-corrected chi connectivity index (χ2v) is 4.86. The van der Waals surface area contributed by atoms with E-state index in [2.05, 4.69) is 10.1 Å². The quantitative estimate of drug-likeness (QED) is 0.848. The summed E-state index contributed by atoms with van der Waals surface area (Å²) in [6.45, 7) is 0. The number of hydrogen-bond donors (Lipinski definition) is 1. The molecule has 0 amide bonds. The number of halogens is 2. The number of benzene rings is 1. The molecule has 0 aliphatic heterocycles. The van der Waals surface area contributed by atoms with Crippen molar-refractivity contribution < 1.29 is 4.52 Å². The third-order valence-electron chi connectivity index (χ3n) is 2.74. The summed E-state index contributed by atoms with van der Waals surface area (Å²) in [5.41, 5.74) is 6.75. The van der Waals surface area contributed by atoms with Crippen molar-refractivity contribution in [2.75, 3.05) is 5.73 Å². The number of hydrogen-bond acceptors (Lipinski definition) is 4. The smallest absolute Gasteiger partial charge is 0.261 e. The summed E-state index contributed by atoms with van der Waals surface area (Å²) in [6, 6.07) is 3.30. The minimum absolute atomic E-state index is 0.330. The van der Waals surface area contributed by atoms with E-state index < -0.39 is 0 Å². The van der Waals surface area contributed by atoms with Crippen LogP contribution in [0.1, 0.15) is 24.6 Å². The van der Waals surface area contributed by atoms with E-state index in [1.54, 1.807) is 12.1 Å². The third-order valence-corrected chi connectivity index (χ3v) is 3.38. The van der Waals surface area contributed by atoms with Crippen LogP contribution in [0.2, 0.25) is 10.0 Å². The summed E-state index contributed by atoms with van der Waals surface area (Å²) in [6.07, 6.45) is 2.22. The molecule has 0 atom stereocenters. The van der Waals surface area contributed by atoms with Crippen LogP contribution in [0, 0.1) is 0 Å². The molecule has 3 rings (SSSR count). The van der Waals surface area contributed by atoms with Gasteiger partial charge < -0.3 is 10.3 Å². The Hall–Kier alpha value is -1.26. The van der Waals surface area contributed by atoms with E-state index in [0.29, 0.717) is 33.1 Å². The highest BCUT2D eigenvalue weighted by Gasteiger charge is 2.29. The van der Waals surface area contributed by atoms with Crippen molar-refractivity contribution in [1.82, 2.24) is 10.1 Å². The molecule has 17 heavy (non-hydrogen) atoms. The van der Waals surface area contributed by atoms with Gasteiger partial charge in [-0.15, -0.1) is 0 Å². The SMILES string of the molecule is Nc1c(Cl)ccc(Cl)c1-c1nc(C2CC2)no1. The summed E-state index contributed by atoms with van der Waals surface area (Å²) in [5.74, 6) is 1.47. The van der Waals surface area contributed by atoms with Crippen LogP contribution in [0.25, 0.3) is 11.5 Å². The van der Waals surface area contributed by atoms with Crippen molar-refractivity contribution in [2.45, 2.75) is 18.8 Å². The van der Waals surface area contributed by atoms with Gasteiger partial charge in [0.2, 0.25) is 0 Å². The molecule has 88 valence electrons. The van der Waals surface area contributed by atoms with Gasteiger partial charge in [0, 0.05) is 5.92 Å². The van der Waals surface area contributed by atoms with Crippen molar-refractivity contribution in [2.24, 2.45) is 0 Å². The molecule has 1 aliphatic carbocycles. The van der Waals surface area contributed by atoms with Crippen molar-refractivity contribution in [1.29, 1.82) is 0 Å². The first-order valence-corrected chi connectivity index (χ1v) is 6.00. The number of nitrogens with two attached hydrogens (primary N) is 1. The zero-order chi connectivity index (χ0) is 12.0. The van der Waals surface area contributed by atoms with E-state index in [-0.39, 0.29) is 0 Å². The van der Waals surface area contributed by atoms with Gasteiger partial charge in [0.15, 0.2) is 5.82 Å². The van der Waals surface area contributed by atoms with Gasteiger partial charge >= 0.3 is 0 Å². The summed E-state index contributed by atoms with van der Waals surface area (Å²) >= 11 is 12.0. The maximum absolute atomic E-state index is 6.07. The normalized spacial score (nSPS) is 15.2. The number of nitrogen functional groups attached to an aromatic ring is 1. The molecular formula is C11H9Cl2N3O. The van der Waals surface area contributed by atoms with Crippen molar-refractivity contribution in [3.8, 4) is 11.5 Å². The molecule has 0 unspecified atom stereocenters. The molecule has 2 aromatic rings. The van der Waals surface area contributed by atoms with Crippen LogP contribution in [0.15, 0.2) is 16.7 Å². The Labute approximate surface area is 108 Å². The highest BCUT2D eigenvalue weighted by atomic mass is 35.5. The van der Waals surface area contributed by atoms with Gasteiger partial charge in [0.25, 0.3) is 5.89 Å². The van der Waals surface area contributed by atoms with E-state index in [0.717, 1.165) is 18.7 Å². The van der Waals surface area contributed by atoms with Crippen molar-refractivity contribution in [3.63, 3.8) is 0 Å². The van der Waals surface area contributed by atoms with Gasteiger partial charge in [-0.3, -0.25) is 0 Å². The Morgan fingerprint density at radius 3 is 2.65 bits per heavy atom. The van der Waals surface area contributed by atoms with Gasteiger partial charge in [-0.25, -0.2) is 0 Å². The first-order chi connectivity index (χ1) is 8.16. The van der Waals surface area contributed by atoms with E-state index in [9.17, 15) is 0 Å². The monoisotopic (exact) mass is 269 g/mol. The van der Waals surface area contributed by atoms with Gasteiger partial charge in [0.05, 0.1) is 21.3 Å². The Morgan fingerprint density at radius 1 is 1.24 bits per heavy atom. The van der Waals surface area contributed by atoms with Gasteiger partial charge in [0.1, 0.15) is 0 Å². The van der Waals surface area contributed by atoms with Crippen LogP contribution in [-0.4, -0.2) is 10.1 Å². The fourth-order valence-electron chi connectivity index (χ4n) is 1.63. The number of nitrogens with zero attached hydrogens (tertiary/aromatic N) is 2. The average Bonchev–Trinajstić information content (AvgIpc) is 3.05. The lowest BCUT2D eigenvalue weighted by molar-refractivity contribution is 0.423. The molecule has 1 aromatic carbocycles. The maximum atomic E-state index is 6.07. The summed E-state index contributed by atoms with van der Waals surface area (Å²) in [5, 5.41) is 4.81. The minimum atomic E-state index is 0.330. The van der Waals surface area contributed by atoms with Gasteiger partial charge in [-0.1, -0.05) is 28.4 Å². The molecule has 1 aromatic heterocycles. The fraction of sp³-hybridized carbons (Fsp3) is 0.273. The van der Waals surface area contributed by atoms with E-state index in [1.165, 1.54) is 0 Å². The molecular weight excluding hydrogens is 261 g/mol. The van der Waals surface area contributed by atoms with Crippen molar-refractivity contribution in [3.05, 3.63) is 28.0 Å². The lowest BCUT2D eigenvalue weighted by Gasteiger charge is -2.04.